The molecule has 0 fully saturated rings. The molecular formula is C19H32FN3O2. The molecule has 0 aliphatic heterocycles. The fraction of sp³-hybridized carbons (Fsp3) is 0.632. The highest BCUT2D eigenvalue weighted by molar-refractivity contribution is 5.79. The minimum atomic E-state index is -0.360. The lowest BCUT2D eigenvalue weighted by molar-refractivity contribution is 0.253. The SMILES string of the molecule is CCCC(CCO)CN=C(NCC)N(C)Cc1ccc(OC)c(F)c1. The number of aliphatic hydroxyl groups excluding tert-OH is 1. The Bertz CT molecular complexity index is 531. The summed E-state index contributed by atoms with van der Waals surface area (Å²) in [5.41, 5.74) is 0.854. The Balaban J connectivity index is 2.78. The van der Waals surface area contributed by atoms with Gasteiger partial charge in [0.15, 0.2) is 17.5 Å². The number of guanidine groups is 1. The van der Waals surface area contributed by atoms with Crippen LogP contribution in [0.1, 0.15) is 38.7 Å². The van der Waals surface area contributed by atoms with Gasteiger partial charge in [-0.3, -0.25) is 4.99 Å². The quantitative estimate of drug-likeness (QED) is 0.501. The van der Waals surface area contributed by atoms with E-state index in [1.807, 2.05) is 24.9 Å². The summed E-state index contributed by atoms with van der Waals surface area (Å²) in [6.45, 7) is 6.34. The summed E-state index contributed by atoms with van der Waals surface area (Å²) in [6, 6.07) is 4.99. The van der Waals surface area contributed by atoms with E-state index in [9.17, 15) is 9.50 Å². The van der Waals surface area contributed by atoms with Crippen LogP contribution in [-0.4, -0.2) is 49.8 Å². The molecule has 0 saturated carbocycles. The second-order valence-electron chi connectivity index (χ2n) is 6.19. The molecule has 5 nitrogen and oxygen atoms in total. The summed E-state index contributed by atoms with van der Waals surface area (Å²) in [7, 11) is 3.39. The molecule has 0 spiro atoms. The third kappa shape index (κ3) is 7.30. The highest BCUT2D eigenvalue weighted by atomic mass is 19.1. The molecule has 0 aliphatic rings. The standard InChI is InChI=1S/C19H32FN3O2/c1-5-7-15(10-11-24)13-22-19(21-6-2)23(3)14-16-8-9-18(25-4)17(20)12-16/h8-9,12,15,24H,5-7,10-11,13-14H2,1-4H3,(H,21,22). The number of halogens is 1. The zero-order valence-corrected chi connectivity index (χ0v) is 15.9. The summed E-state index contributed by atoms with van der Waals surface area (Å²) >= 11 is 0. The summed E-state index contributed by atoms with van der Waals surface area (Å²) < 4.78 is 18.8. The van der Waals surface area contributed by atoms with Gasteiger partial charge in [0.2, 0.25) is 0 Å². The van der Waals surface area contributed by atoms with Gasteiger partial charge in [-0.2, -0.15) is 0 Å². The minimum Gasteiger partial charge on any atom is -0.494 e. The van der Waals surface area contributed by atoms with E-state index in [0.717, 1.165) is 37.3 Å². The van der Waals surface area contributed by atoms with Crippen LogP contribution in [0.25, 0.3) is 0 Å². The van der Waals surface area contributed by atoms with Crippen molar-refractivity contribution in [3.8, 4) is 5.75 Å². The van der Waals surface area contributed by atoms with Crippen molar-refractivity contribution in [3.63, 3.8) is 0 Å². The maximum absolute atomic E-state index is 13.9. The van der Waals surface area contributed by atoms with Gasteiger partial charge in [0.05, 0.1) is 7.11 Å². The fourth-order valence-electron chi connectivity index (χ4n) is 2.76. The summed E-state index contributed by atoms with van der Waals surface area (Å²) in [5, 5.41) is 12.5. The number of hydrogen-bond donors (Lipinski definition) is 2. The molecule has 1 unspecified atom stereocenters. The second kappa shape index (κ2) is 11.7. The number of nitrogens with zero attached hydrogens (tertiary/aromatic N) is 2. The summed E-state index contributed by atoms with van der Waals surface area (Å²) in [5.74, 6) is 1.06. The van der Waals surface area contributed by atoms with E-state index in [1.165, 1.54) is 13.2 Å². The van der Waals surface area contributed by atoms with Gasteiger partial charge in [-0.25, -0.2) is 4.39 Å². The van der Waals surface area contributed by atoms with Crippen molar-refractivity contribution in [2.45, 2.75) is 39.7 Å². The molecule has 2 N–H and O–H groups in total. The topological polar surface area (TPSA) is 57.1 Å². The molecule has 25 heavy (non-hydrogen) atoms. The Hall–Kier alpha value is -1.82. The van der Waals surface area contributed by atoms with E-state index in [1.54, 1.807) is 6.07 Å². The van der Waals surface area contributed by atoms with Gasteiger partial charge in [-0.05, 0) is 43.4 Å². The summed E-state index contributed by atoms with van der Waals surface area (Å²) in [6.07, 6.45) is 2.90. The van der Waals surface area contributed by atoms with Crippen LogP contribution in [0.2, 0.25) is 0 Å². The first-order valence-corrected chi connectivity index (χ1v) is 8.98. The van der Waals surface area contributed by atoms with Crippen molar-refractivity contribution in [2.24, 2.45) is 10.9 Å². The number of methoxy groups -OCH3 is 1. The number of ether oxygens (including phenoxy) is 1. The lowest BCUT2D eigenvalue weighted by Gasteiger charge is -2.23. The van der Waals surface area contributed by atoms with Crippen LogP contribution in [-0.2, 0) is 6.54 Å². The zero-order chi connectivity index (χ0) is 18.7. The molecular weight excluding hydrogens is 321 g/mol. The van der Waals surface area contributed by atoms with Gasteiger partial charge in [0.25, 0.3) is 0 Å². The number of rotatable bonds is 10. The van der Waals surface area contributed by atoms with Crippen LogP contribution in [0.4, 0.5) is 4.39 Å². The van der Waals surface area contributed by atoms with Crippen molar-refractivity contribution in [1.82, 2.24) is 10.2 Å². The summed E-state index contributed by atoms with van der Waals surface area (Å²) in [4.78, 5) is 6.68. The average molecular weight is 353 g/mol. The van der Waals surface area contributed by atoms with E-state index in [2.05, 4.69) is 12.2 Å². The molecule has 142 valence electrons. The van der Waals surface area contributed by atoms with Gasteiger partial charge in [-0.15, -0.1) is 0 Å². The maximum Gasteiger partial charge on any atom is 0.193 e. The van der Waals surface area contributed by atoms with E-state index in [-0.39, 0.29) is 18.2 Å². The number of aliphatic imine (C=N–C) groups is 1. The number of benzene rings is 1. The molecule has 1 aromatic rings. The Morgan fingerprint density at radius 1 is 1.36 bits per heavy atom. The molecule has 0 aliphatic carbocycles. The van der Waals surface area contributed by atoms with Crippen molar-refractivity contribution >= 4 is 5.96 Å². The van der Waals surface area contributed by atoms with E-state index in [0.29, 0.717) is 19.0 Å². The molecule has 0 saturated heterocycles. The number of nitrogens with one attached hydrogen (secondary N) is 1. The first-order valence-electron chi connectivity index (χ1n) is 8.98. The van der Waals surface area contributed by atoms with Crippen LogP contribution >= 0.6 is 0 Å². The molecule has 6 heteroatoms. The zero-order valence-electron chi connectivity index (χ0n) is 15.9. The first kappa shape index (κ1) is 21.2. The van der Waals surface area contributed by atoms with Gasteiger partial charge in [-0.1, -0.05) is 19.4 Å². The Morgan fingerprint density at radius 2 is 2.12 bits per heavy atom. The smallest absolute Gasteiger partial charge is 0.193 e. The van der Waals surface area contributed by atoms with Crippen LogP contribution in [0.15, 0.2) is 23.2 Å². The third-order valence-corrected chi connectivity index (χ3v) is 4.07. The Labute approximate surface area is 150 Å². The molecule has 1 atom stereocenters. The molecule has 0 radical (unpaired) electrons. The monoisotopic (exact) mass is 353 g/mol. The maximum atomic E-state index is 13.9. The van der Waals surface area contributed by atoms with Crippen molar-refractivity contribution in [2.75, 3.05) is 33.9 Å². The third-order valence-electron chi connectivity index (χ3n) is 4.07. The van der Waals surface area contributed by atoms with Gasteiger partial charge in [0.1, 0.15) is 0 Å². The molecule has 0 amide bonds. The van der Waals surface area contributed by atoms with Crippen LogP contribution in [0.5, 0.6) is 5.75 Å². The first-order chi connectivity index (χ1) is 12.0. The Kier molecular flexibility index (Phi) is 9.92. The fourth-order valence-corrected chi connectivity index (χ4v) is 2.76. The second-order valence-corrected chi connectivity index (χ2v) is 6.19. The van der Waals surface area contributed by atoms with Crippen LogP contribution < -0.4 is 10.1 Å². The van der Waals surface area contributed by atoms with E-state index in [4.69, 9.17) is 9.73 Å². The molecule has 0 heterocycles. The van der Waals surface area contributed by atoms with Gasteiger partial charge in [0, 0.05) is 33.3 Å². The predicted octanol–water partition coefficient (Wildman–Crippen LogP) is 3.03. The molecule has 1 aromatic carbocycles. The van der Waals surface area contributed by atoms with Gasteiger partial charge < -0.3 is 20.1 Å². The van der Waals surface area contributed by atoms with Crippen LogP contribution in [0.3, 0.4) is 0 Å². The average Bonchev–Trinajstić information content (AvgIpc) is 2.59. The largest absolute Gasteiger partial charge is 0.494 e. The number of aliphatic hydroxyl groups is 1. The van der Waals surface area contributed by atoms with Gasteiger partial charge >= 0.3 is 0 Å². The highest BCUT2D eigenvalue weighted by Gasteiger charge is 2.11. The normalized spacial score (nSPS) is 12.8. The Morgan fingerprint density at radius 3 is 2.68 bits per heavy atom. The lowest BCUT2D eigenvalue weighted by Crippen LogP contribution is -2.38. The highest BCUT2D eigenvalue weighted by Crippen LogP contribution is 2.18. The molecule has 0 aromatic heterocycles. The number of hydrogen-bond acceptors (Lipinski definition) is 3. The van der Waals surface area contributed by atoms with E-state index < -0.39 is 0 Å². The van der Waals surface area contributed by atoms with E-state index >= 15 is 0 Å². The molecule has 1 rings (SSSR count). The van der Waals surface area contributed by atoms with Crippen molar-refractivity contribution in [3.05, 3.63) is 29.6 Å². The minimum absolute atomic E-state index is 0.192. The van der Waals surface area contributed by atoms with Crippen molar-refractivity contribution < 1.29 is 14.2 Å². The lowest BCUT2D eigenvalue weighted by atomic mass is 10.0. The van der Waals surface area contributed by atoms with Crippen LogP contribution in [0, 0.1) is 11.7 Å². The molecule has 0 bridgehead atoms. The van der Waals surface area contributed by atoms with Crippen molar-refractivity contribution in [1.29, 1.82) is 0 Å². The predicted molar refractivity (Wildman–Crippen MR) is 100 cm³/mol.